The van der Waals surface area contributed by atoms with Gasteiger partial charge in [-0.2, -0.15) is 5.10 Å². The van der Waals surface area contributed by atoms with Crippen LogP contribution in [-0.4, -0.2) is 10.2 Å². The van der Waals surface area contributed by atoms with Crippen LogP contribution in [0.15, 0.2) is 16.6 Å². The molecule has 0 N–H and O–H groups in total. The SMILES string of the molecule is Cc1nnc(Cl)c2cc(F)c(Br)cc12. The minimum absolute atomic E-state index is 0.219. The van der Waals surface area contributed by atoms with Gasteiger partial charge in [-0.1, -0.05) is 11.6 Å². The summed E-state index contributed by atoms with van der Waals surface area (Å²) in [5, 5.41) is 9.17. The number of fused-ring (bicyclic) bond motifs is 1. The maximum absolute atomic E-state index is 13.2. The van der Waals surface area contributed by atoms with Crippen LogP contribution < -0.4 is 0 Å². The molecule has 2 aromatic rings. The van der Waals surface area contributed by atoms with Gasteiger partial charge in [0, 0.05) is 10.8 Å². The first-order chi connectivity index (χ1) is 6.59. The number of aromatic nitrogens is 2. The van der Waals surface area contributed by atoms with Crippen LogP contribution in [0.4, 0.5) is 4.39 Å². The van der Waals surface area contributed by atoms with Crippen LogP contribution in [0, 0.1) is 12.7 Å². The lowest BCUT2D eigenvalue weighted by molar-refractivity contribution is 0.623. The van der Waals surface area contributed by atoms with Gasteiger partial charge in [-0.3, -0.25) is 0 Å². The van der Waals surface area contributed by atoms with Crippen LogP contribution in [0.2, 0.25) is 5.15 Å². The monoisotopic (exact) mass is 274 g/mol. The van der Waals surface area contributed by atoms with E-state index in [4.69, 9.17) is 11.6 Å². The molecule has 14 heavy (non-hydrogen) atoms. The quantitative estimate of drug-likeness (QED) is 0.735. The van der Waals surface area contributed by atoms with E-state index in [-0.39, 0.29) is 11.0 Å². The van der Waals surface area contributed by atoms with Crippen LogP contribution in [0.1, 0.15) is 5.69 Å². The van der Waals surface area contributed by atoms with Crippen molar-refractivity contribution in [3.8, 4) is 0 Å². The van der Waals surface area contributed by atoms with Gasteiger partial charge in [0.2, 0.25) is 0 Å². The normalized spacial score (nSPS) is 10.9. The fraction of sp³-hybridized carbons (Fsp3) is 0.111. The zero-order valence-corrected chi connectivity index (χ0v) is 9.52. The molecule has 0 fully saturated rings. The summed E-state index contributed by atoms with van der Waals surface area (Å²) in [6.45, 7) is 1.80. The molecule has 0 aliphatic heterocycles. The van der Waals surface area contributed by atoms with Crippen molar-refractivity contribution in [1.29, 1.82) is 0 Å². The number of hydrogen-bond acceptors (Lipinski definition) is 2. The third-order valence-electron chi connectivity index (χ3n) is 1.96. The summed E-state index contributed by atoms with van der Waals surface area (Å²) >= 11 is 8.91. The molecule has 0 saturated heterocycles. The third kappa shape index (κ3) is 1.48. The molecule has 0 spiro atoms. The maximum atomic E-state index is 13.2. The van der Waals surface area contributed by atoms with Gasteiger partial charge >= 0.3 is 0 Å². The minimum Gasteiger partial charge on any atom is -0.206 e. The fourth-order valence-electron chi connectivity index (χ4n) is 1.24. The molecule has 2 rings (SSSR count). The molecule has 0 radical (unpaired) electrons. The predicted molar refractivity (Wildman–Crippen MR) is 56.9 cm³/mol. The minimum atomic E-state index is -0.355. The van der Waals surface area contributed by atoms with E-state index in [1.54, 1.807) is 13.0 Å². The van der Waals surface area contributed by atoms with E-state index in [9.17, 15) is 4.39 Å². The number of halogens is 3. The largest absolute Gasteiger partial charge is 0.206 e. The van der Waals surface area contributed by atoms with Gasteiger partial charge in [0.25, 0.3) is 0 Å². The first kappa shape index (κ1) is 9.80. The highest BCUT2D eigenvalue weighted by Crippen LogP contribution is 2.28. The molecule has 0 aliphatic carbocycles. The van der Waals surface area contributed by atoms with Crippen LogP contribution in [0.25, 0.3) is 10.8 Å². The Morgan fingerprint density at radius 3 is 2.71 bits per heavy atom. The van der Waals surface area contributed by atoms with E-state index in [0.717, 1.165) is 11.1 Å². The van der Waals surface area contributed by atoms with Crippen LogP contribution >= 0.6 is 27.5 Å². The first-order valence-electron chi connectivity index (χ1n) is 3.87. The second-order valence-electron chi connectivity index (χ2n) is 2.89. The molecule has 5 heteroatoms. The molecule has 0 unspecified atom stereocenters. The van der Waals surface area contributed by atoms with Crippen LogP contribution in [-0.2, 0) is 0 Å². The average molecular weight is 276 g/mol. The van der Waals surface area contributed by atoms with Crippen molar-refractivity contribution in [2.24, 2.45) is 0 Å². The maximum Gasteiger partial charge on any atom is 0.159 e. The number of benzene rings is 1. The molecule has 72 valence electrons. The summed E-state index contributed by atoms with van der Waals surface area (Å²) in [5.74, 6) is -0.355. The van der Waals surface area contributed by atoms with Crippen LogP contribution in [0.5, 0.6) is 0 Å². The van der Waals surface area contributed by atoms with E-state index in [1.807, 2.05) is 0 Å². The van der Waals surface area contributed by atoms with Gasteiger partial charge in [-0.15, -0.1) is 5.10 Å². The van der Waals surface area contributed by atoms with E-state index in [2.05, 4.69) is 26.1 Å². The molecule has 1 heterocycles. The molecule has 0 aliphatic rings. The number of nitrogens with zero attached hydrogens (tertiary/aromatic N) is 2. The number of aryl methyl sites for hydroxylation is 1. The summed E-state index contributed by atoms with van der Waals surface area (Å²) in [5.41, 5.74) is 0.727. The standard InChI is InChI=1S/C9H5BrClFN2/c1-4-5-2-7(10)8(12)3-6(5)9(11)14-13-4/h2-3H,1H3. The Morgan fingerprint density at radius 1 is 1.29 bits per heavy atom. The van der Waals surface area contributed by atoms with Crippen molar-refractivity contribution in [2.75, 3.05) is 0 Å². The summed E-state index contributed by atoms with van der Waals surface area (Å²) < 4.78 is 13.6. The van der Waals surface area contributed by atoms with E-state index in [1.165, 1.54) is 6.07 Å². The summed E-state index contributed by atoms with van der Waals surface area (Å²) in [7, 11) is 0. The van der Waals surface area contributed by atoms with E-state index >= 15 is 0 Å². The van der Waals surface area contributed by atoms with Crippen molar-refractivity contribution in [2.45, 2.75) is 6.92 Å². The van der Waals surface area contributed by atoms with Crippen molar-refractivity contribution in [3.63, 3.8) is 0 Å². The highest BCUT2D eigenvalue weighted by atomic mass is 79.9. The lowest BCUT2D eigenvalue weighted by Gasteiger charge is -2.03. The molecule has 2 nitrogen and oxygen atoms in total. The molecule has 0 saturated carbocycles. The number of rotatable bonds is 0. The Morgan fingerprint density at radius 2 is 2.00 bits per heavy atom. The van der Waals surface area contributed by atoms with Gasteiger partial charge in [-0.25, -0.2) is 4.39 Å². The smallest absolute Gasteiger partial charge is 0.159 e. The molecular weight excluding hydrogens is 270 g/mol. The topological polar surface area (TPSA) is 25.8 Å². The lowest BCUT2D eigenvalue weighted by atomic mass is 10.1. The second-order valence-corrected chi connectivity index (χ2v) is 4.10. The van der Waals surface area contributed by atoms with Gasteiger partial charge in [-0.05, 0) is 35.0 Å². The second kappa shape index (κ2) is 3.44. The summed E-state index contributed by atoms with van der Waals surface area (Å²) in [6.07, 6.45) is 0. The Balaban J connectivity index is 2.94. The molecule has 0 bridgehead atoms. The Kier molecular flexibility index (Phi) is 2.41. The summed E-state index contributed by atoms with van der Waals surface area (Å²) in [6, 6.07) is 3.00. The van der Waals surface area contributed by atoms with Crippen LogP contribution in [0.3, 0.4) is 0 Å². The van der Waals surface area contributed by atoms with Gasteiger partial charge in [0.1, 0.15) is 5.82 Å². The van der Waals surface area contributed by atoms with E-state index in [0.29, 0.717) is 9.86 Å². The van der Waals surface area contributed by atoms with Gasteiger partial charge < -0.3 is 0 Å². The average Bonchev–Trinajstić information content (AvgIpc) is 2.15. The van der Waals surface area contributed by atoms with E-state index < -0.39 is 0 Å². The molecule has 1 aromatic heterocycles. The highest BCUT2D eigenvalue weighted by Gasteiger charge is 2.08. The predicted octanol–water partition coefficient (Wildman–Crippen LogP) is 3.49. The fourth-order valence-corrected chi connectivity index (χ4v) is 1.78. The first-order valence-corrected chi connectivity index (χ1v) is 5.04. The molecular formula is C9H5BrClFN2. The van der Waals surface area contributed by atoms with Gasteiger partial charge in [0.05, 0.1) is 10.2 Å². The van der Waals surface area contributed by atoms with Crippen molar-refractivity contribution >= 4 is 38.3 Å². The Bertz CT molecular complexity index is 469. The molecule has 0 amide bonds. The zero-order valence-electron chi connectivity index (χ0n) is 7.18. The van der Waals surface area contributed by atoms with Gasteiger partial charge in [0.15, 0.2) is 5.15 Å². The van der Waals surface area contributed by atoms with Crippen molar-refractivity contribution in [1.82, 2.24) is 10.2 Å². The Hall–Kier alpha value is -0.740. The lowest BCUT2D eigenvalue weighted by Crippen LogP contribution is -1.91. The molecule has 0 atom stereocenters. The van der Waals surface area contributed by atoms with Crippen molar-refractivity contribution < 1.29 is 4.39 Å². The highest BCUT2D eigenvalue weighted by molar-refractivity contribution is 9.10. The Labute approximate surface area is 93.2 Å². The van der Waals surface area contributed by atoms with Crippen molar-refractivity contribution in [3.05, 3.63) is 33.3 Å². The molecule has 1 aromatic carbocycles. The zero-order chi connectivity index (χ0) is 10.3. The summed E-state index contributed by atoms with van der Waals surface area (Å²) in [4.78, 5) is 0. The number of hydrogen-bond donors (Lipinski definition) is 0. The third-order valence-corrected chi connectivity index (χ3v) is 2.85.